The van der Waals surface area contributed by atoms with Crippen molar-refractivity contribution in [2.75, 3.05) is 0 Å². The van der Waals surface area contributed by atoms with E-state index in [0.717, 1.165) is 5.70 Å². The molecule has 0 saturated heterocycles. The van der Waals surface area contributed by atoms with E-state index in [1.807, 2.05) is 6.92 Å². The molecule has 0 spiro atoms. The molecule has 1 heterocycles. The van der Waals surface area contributed by atoms with Crippen LogP contribution in [0.15, 0.2) is 17.3 Å². The van der Waals surface area contributed by atoms with Gasteiger partial charge >= 0.3 is 0 Å². The van der Waals surface area contributed by atoms with Crippen molar-refractivity contribution in [3.05, 3.63) is 22.7 Å². The second-order valence-electron chi connectivity index (χ2n) is 3.66. The third-order valence-electron chi connectivity index (χ3n) is 2.43. The van der Waals surface area contributed by atoms with Crippen LogP contribution >= 0.6 is 24.0 Å². The first-order valence-corrected chi connectivity index (χ1v) is 6.59. The molecule has 0 aromatic heterocycles. The Labute approximate surface area is 111 Å². The molecule has 0 N–H and O–H groups in total. The van der Waals surface area contributed by atoms with Gasteiger partial charge in [-0.2, -0.15) is 0 Å². The lowest BCUT2D eigenvalue weighted by molar-refractivity contribution is -0.129. The molecule has 0 aromatic carbocycles. The van der Waals surface area contributed by atoms with Crippen LogP contribution in [-0.4, -0.2) is 21.5 Å². The number of carbonyl (C=O) groups excluding carboxylic acids is 2. The van der Waals surface area contributed by atoms with Gasteiger partial charge < -0.3 is 0 Å². The number of carbonyl (C=O) groups is 2. The minimum absolute atomic E-state index is 0.175. The molecule has 1 atom stereocenters. The molecule has 1 amide bonds. The summed E-state index contributed by atoms with van der Waals surface area (Å²) in [7, 11) is 0. The van der Waals surface area contributed by atoms with E-state index in [4.69, 9.17) is 12.2 Å². The highest BCUT2D eigenvalue weighted by Crippen LogP contribution is 2.23. The zero-order chi connectivity index (χ0) is 13.0. The molecule has 0 fully saturated rings. The summed E-state index contributed by atoms with van der Waals surface area (Å²) in [6.07, 6.45) is 2.41. The molecule has 1 rings (SSSR count). The summed E-state index contributed by atoms with van der Waals surface area (Å²) in [4.78, 5) is 25.0. The average Bonchev–Trinajstić information content (AvgIpc) is 2.35. The van der Waals surface area contributed by atoms with Crippen molar-refractivity contribution < 1.29 is 9.59 Å². The van der Waals surface area contributed by atoms with Crippen LogP contribution < -0.4 is 0 Å². The first-order valence-electron chi connectivity index (χ1n) is 5.31. The quantitative estimate of drug-likeness (QED) is 0.735. The fourth-order valence-electron chi connectivity index (χ4n) is 1.41. The Bertz CT molecular complexity index is 413. The van der Waals surface area contributed by atoms with Crippen molar-refractivity contribution in [1.82, 2.24) is 4.90 Å². The number of Topliss-reactive ketones (excluding diaryl/α,β-unsaturated/α-hetero) is 1. The SMILES string of the molecule is CCC1=[C]SC=CN1C(=O)C(C)C(=S)C(C)=O. The highest BCUT2D eigenvalue weighted by molar-refractivity contribution is 8.03. The molecule has 5 heteroatoms. The summed E-state index contributed by atoms with van der Waals surface area (Å²) in [5.74, 6) is -0.966. The third-order valence-corrected chi connectivity index (χ3v) is 3.68. The zero-order valence-corrected chi connectivity index (χ0v) is 11.7. The van der Waals surface area contributed by atoms with E-state index >= 15 is 0 Å². The second-order valence-corrected chi connectivity index (χ2v) is 4.81. The summed E-state index contributed by atoms with van der Waals surface area (Å²) in [5, 5.41) is 4.82. The van der Waals surface area contributed by atoms with Crippen LogP contribution in [0, 0.1) is 11.3 Å². The molecule has 0 bridgehead atoms. The molecule has 1 unspecified atom stereocenters. The summed E-state index contributed by atoms with van der Waals surface area (Å²) in [5.41, 5.74) is 0.806. The Balaban J connectivity index is 2.85. The fraction of sp³-hybridized carbons (Fsp3) is 0.417. The van der Waals surface area contributed by atoms with Crippen molar-refractivity contribution in [3.8, 4) is 0 Å². The lowest BCUT2D eigenvalue weighted by Gasteiger charge is -2.25. The number of rotatable bonds is 4. The van der Waals surface area contributed by atoms with E-state index in [9.17, 15) is 9.59 Å². The summed E-state index contributed by atoms with van der Waals surface area (Å²) >= 11 is 6.38. The van der Waals surface area contributed by atoms with Gasteiger partial charge in [-0.05, 0) is 25.7 Å². The second kappa shape index (κ2) is 6.12. The maximum atomic E-state index is 12.2. The van der Waals surface area contributed by atoms with Gasteiger partial charge in [0.15, 0.2) is 5.78 Å². The summed E-state index contributed by atoms with van der Waals surface area (Å²) < 4.78 is 0. The van der Waals surface area contributed by atoms with E-state index in [1.54, 1.807) is 18.5 Å². The van der Waals surface area contributed by atoms with Gasteiger partial charge in [0.1, 0.15) is 0 Å². The number of hydrogen-bond donors (Lipinski definition) is 0. The van der Waals surface area contributed by atoms with Crippen LogP contribution in [0.2, 0.25) is 0 Å². The van der Waals surface area contributed by atoms with Crippen molar-refractivity contribution in [2.45, 2.75) is 27.2 Å². The van der Waals surface area contributed by atoms with E-state index in [0.29, 0.717) is 6.42 Å². The van der Waals surface area contributed by atoms with Crippen molar-refractivity contribution in [3.63, 3.8) is 0 Å². The molecular weight excluding hydrogens is 254 g/mol. The molecule has 91 valence electrons. The Morgan fingerprint density at radius 1 is 1.59 bits per heavy atom. The predicted molar refractivity (Wildman–Crippen MR) is 73.1 cm³/mol. The number of allylic oxidation sites excluding steroid dienone is 1. The van der Waals surface area contributed by atoms with E-state index in [1.165, 1.54) is 23.6 Å². The predicted octanol–water partition coefficient (Wildman–Crippen LogP) is 2.68. The smallest absolute Gasteiger partial charge is 0.239 e. The van der Waals surface area contributed by atoms with Gasteiger partial charge in [0, 0.05) is 17.3 Å². The normalized spacial score (nSPS) is 16.4. The van der Waals surface area contributed by atoms with Gasteiger partial charge in [-0.1, -0.05) is 30.9 Å². The van der Waals surface area contributed by atoms with Crippen LogP contribution in [0.5, 0.6) is 0 Å². The molecule has 1 aliphatic heterocycles. The maximum Gasteiger partial charge on any atom is 0.239 e. The number of amides is 1. The van der Waals surface area contributed by atoms with Gasteiger partial charge in [-0.3, -0.25) is 14.5 Å². The Hall–Kier alpha value is -0.940. The topological polar surface area (TPSA) is 37.4 Å². The minimum atomic E-state index is -0.571. The van der Waals surface area contributed by atoms with E-state index in [2.05, 4.69) is 5.41 Å². The van der Waals surface area contributed by atoms with Gasteiger partial charge in [0.25, 0.3) is 0 Å². The maximum absolute atomic E-state index is 12.2. The highest BCUT2D eigenvalue weighted by Gasteiger charge is 2.27. The molecule has 17 heavy (non-hydrogen) atoms. The van der Waals surface area contributed by atoms with Crippen LogP contribution in [0.3, 0.4) is 0 Å². The fourth-order valence-corrected chi connectivity index (χ4v) is 2.14. The number of nitrogens with zero attached hydrogens (tertiary/aromatic N) is 1. The van der Waals surface area contributed by atoms with Crippen LogP contribution in [0.4, 0.5) is 0 Å². The van der Waals surface area contributed by atoms with E-state index < -0.39 is 5.92 Å². The molecule has 0 aromatic rings. The minimum Gasteiger partial charge on any atom is -0.294 e. The average molecular weight is 268 g/mol. The van der Waals surface area contributed by atoms with E-state index in [-0.39, 0.29) is 16.6 Å². The number of thioether (sulfide) groups is 1. The first kappa shape index (κ1) is 14.1. The molecule has 0 aliphatic carbocycles. The Kier molecular flexibility index (Phi) is 5.08. The van der Waals surface area contributed by atoms with Gasteiger partial charge in [-0.25, -0.2) is 0 Å². The lowest BCUT2D eigenvalue weighted by Crippen LogP contribution is -2.36. The Morgan fingerprint density at radius 2 is 2.24 bits per heavy atom. The van der Waals surface area contributed by atoms with Gasteiger partial charge in [-0.15, -0.1) is 0 Å². The molecule has 0 saturated carbocycles. The molecular formula is C12H14NO2S2. The van der Waals surface area contributed by atoms with Crippen molar-refractivity contribution in [1.29, 1.82) is 0 Å². The highest BCUT2D eigenvalue weighted by atomic mass is 32.2. The number of thiocarbonyl (C=S) groups is 1. The van der Waals surface area contributed by atoms with Gasteiger partial charge in [0.2, 0.25) is 5.91 Å². The molecule has 1 aliphatic rings. The monoisotopic (exact) mass is 268 g/mol. The van der Waals surface area contributed by atoms with Crippen LogP contribution in [0.1, 0.15) is 27.2 Å². The summed E-state index contributed by atoms with van der Waals surface area (Å²) in [6.45, 7) is 5.00. The summed E-state index contributed by atoms with van der Waals surface area (Å²) in [6, 6.07) is 0. The largest absolute Gasteiger partial charge is 0.294 e. The van der Waals surface area contributed by atoms with Crippen LogP contribution in [-0.2, 0) is 9.59 Å². The zero-order valence-electron chi connectivity index (χ0n) is 10.0. The first-order chi connectivity index (χ1) is 7.99. The van der Waals surface area contributed by atoms with Gasteiger partial charge in [0.05, 0.1) is 10.8 Å². The third kappa shape index (κ3) is 3.26. The van der Waals surface area contributed by atoms with Crippen molar-refractivity contribution in [2.24, 2.45) is 5.92 Å². The lowest BCUT2D eigenvalue weighted by atomic mass is 10.0. The Morgan fingerprint density at radius 3 is 2.76 bits per heavy atom. The molecule has 3 nitrogen and oxygen atoms in total. The standard InChI is InChI=1S/C12H14NO2S2/c1-4-10-7-17-6-5-13(10)12(15)8(2)11(16)9(3)14/h5-6,8H,4H2,1-3H3. The molecule has 1 radical (unpaired) electrons. The number of hydrogen-bond acceptors (Lipinski definition) is 4. The van der Waals surface area contributed by atoms with Crippen LogP contribution in [0.25, 0.3) is 0 Å². The number of ketones is 1. The van der Waals surface area contributed by atoms with Crippen molar-refractivity contribution >= 4 is 40.5 Å².